The topological polar surface area (TPSA) is 54.5 Å². The maximum Gasteiger partial charge on any atom is 0.180 e. The Hall–Kier alpha value is -1.45. The number of rotatable bonds is 2. The normalized spacial score (nSPS) is 14.2. The molecule has 16 heavy (non-hydrogen) atoms. The zero-order valence-electron chi connectivity index (χ0n) is 10.3. The van der Waals surface area contributed by atoms with Crippen LogP contribution in [0.3, 0.4) is 0 Å². The standard InChI is InChI=1S/C12H18N4/c1-8(12(2,3)4)5-10-15-9-6-13-7-14-11(9)16-10/h6-8H,5H2,1-4H3,(H,13,14,15,16). The van der Waals surface area contributed by atoms with Crippen molar-refractivity contribution < 1.29 is 0 Å². The van der Waals surface area contributed by atoms with Gasteiger partial charge < -0.3 is 4.98 Å². The minimum absolute atomic E-state index is 0.296. The monoisotopic (exact) mass is 218 g/mol. The Bertz CT molecular complexity index is 448. The summed E-state index contributed by atoms with van der Waals surface area (Å²) in [6.07, 6.45) is 4.24. The van der Waals surface area contributed by atoms with Crippen molar-refractivity contribution in [2.24, 2.45) is 11.3 Å². The Morgan fingerprint density at radius 2 is 2.12 bits per heavy atom. The third-order valence-corrected chi connectivity index (χ3v) is 3.19. The van der Waals surface area contributed by atoms with E-state index in [1.165, 1.54) is 6.33 Å². The maximum absolute atomic E-state index is 4.46. The van der Waals surface area contributed by atoms with Gasteiger partial charge in [0.2, 0.25) is 0 Å². The van der Waals surface area contributed by atoms with Crippen molar-refractivity contribution in [3.63, 3.8) is 0 Å². The van der Waals surface area contributed by atoms with E-state index in [-0.39, 0.29) is 0 Å². The molecule has 4 nitrogen and oxygen atoms in total. The van der Waals surface area contributed by atoms with Crippen molar-refractivity contribution in [3.05, 3.63) is 18.3 Å². The average molecular weight is 218 g/mol. The van der Waals surface area contributed by atoms with Gasteiger partial charge in [-0.25, -0.2) is 15.0 Å². The van der Waals surface area contributed by atoms with Gasteiger partial charge in [0.15, 0.2) is 5.65 Å². The fourth-order valence-corrected chi connectivity index (χ4v) is 1.50. The van der Waals surface area contributed by atoms with Crippen molar-refractivity contribution in [2.45, 2.75) is 34.1 Å². The Labute approximate surface area is 95.5 Å². The molecule has 0 aliphatic carbocycles. The highest BCUT2D eigenvalue weighted by Gasteiger charge is 2.21. The maximum atomic E-state index is 4.46. The highest BCUT2D eigenvalue weighted by Crippen LogP contribution is 2.27. The number of aromatic amines is 1. The first-order valence-electron chi connectivity index (χ1n) is 5.61. The molecular formula is C12H18N4. The molecule has 2 aromatic heterocycles. The number of imidazole rings is 1. The van der Waals surface area contributed by atoms with E-state index in [1.807, 2.05) is 0 Å². The first-order chi connectivity index (χ1) is 7.47. The second-order valence-electron chi connectivity index (χ2n) is 5.41. The van der Waals surface area contributed by atoms with Crippen molar-refractivity contribution in [3.8, 4) is 0 Å². The molecule has 86 valence electrons. The molecule has 0 saturated carbocycles. The van der Waals surface area contributed by atoms with Gasteiger partial charge in [0, 0.05) is 6.42 Å². The summed E-state index contributed by atoms with van der Waals surface area (Å²) in [6, 6.07) is 0. The smallest absolute Gasteiger partial charge is 0.180 e. The summed E-state index contributed by atoms with van der Waals surface area (Å²) < 4.78 is 0. The third kappa shape index (κ3) is 2.21. The van der Waals surface area contributed by atoms with Gasteiger partial charge in [-0.15, -0.1) is 0 Å². The Balaban J connectivity index is 2.22. The fraction of sp³-hybridized carbons (Fsp3) is 0.583. The molecule has 1 atom stereocenters. The average Bonchev–Trinajstić information content (AvgIpc) is 2.58. The van der Waals surface area contributed by atoms with Gasteiger partial charge in [0.05, 0.1) is 6.20 Å². The molecule has 4 heteroatoms. The van der Waals surface area contributed by atoms with Crippen LogP contribution in [0.15, 0.2) is 12.5 Å². The van der Waals surface area contributed by atoms with E-state index in [2.05, 4.69) is 47.6 Å². The fourth-order valence-electron chi connectivity index (χ4n) is 1.50. The van der Waals surface area contributed by atoms with Gasteiger partial charge in [-0.3, -0.25) is 0 Å². The minimum Gasteiger partial charge on any atom is -0.339 e. The van der Waals surface area contributed by atoms with E-state index in [1.54, 1.807) is 6.20 Å². The lowest BCUT2D eigenvalue weighted by Gasteiger charge is -2.26. The number of hydrogen-bond donors (Lipinski definition) is 1. The molecule has 0 saturated heterocycles. The summed E-state index contributed by atoms with van der Waals surface area (Å²) in [7, 11) is 0. The summed E-state index contributed by atoms with van der Waals surface area (Å²) in [5.41, 5.74) is 1.97. The van der Waals surface area contributed by atoms with Crippen LogP contribution in [0.5, 0.6) is 0 Å². The van der Waals surface area contributed by atoms with Gasteiger partial charge in [-0.05, 0) is 11.3 Å². The summed E-state index contributed by atoms with van der Waals surface area (Å²) >= 11 is 0. The summed E-state index contributed by atoms with van der Waals surface area (Å²) in [4.78, 5) is 15.8. The van der Waals surface area contributed by atoms with Crippen molar-refractivity contribution >= 4 is 11.2 Å². The van der Waals surface area contributed by atoms with Crippen LogP contribution in [0.2, 0.25) is 0 Å². The number of aromatic nitrogens is 4. The molecule has 0 amide bonds. The van der Waals surface area contributed by atoms with Gasteiger partial charge in [0.1, 0.15) is 17.7 Å². The molecule has 0 spiro atoms. The first kappa shape index (κ1) is 11.0. The van der Waals surface area contributed by atoms with Crippen molar-refractivity contribution in [1.29, 1.82) is 0 Å². The summed E-state index contributed by atoms with van der Waals surface area (Å²) in [5, 5.41) is 0. The molecule has 2 heterocycles. The molecule has 0 bridgehead atoms. The van der Waals surface area contributed by atoms with Crippen LogP contribution in [0.25, 0.3) is 11.2 Å². The Kier molecular flexibility index (Phi) is 2.66. The first-order valence-corrected chi connectivity index (χ1v) is 5.61. The molecule has 0 aromatic carbocycles. The number of nitrogens with zero attached hydrogens (tertiary/aromatic N) is 3. The van der Waals surface area contributed by atoms with E-state index < -0.39 is 0 Å². The number of fused-ring (bicyclic) bond motifs is 1. The summed E-state index contributed by atoms with van der Waals surface area (Å²) in [6.45, 7) is 9.00. The lowest BCUT2D eigenvalue weighted by atomic mass is 9.80. The molecule has 0 radical (unpaired) electrons. The molecule has 0 aliphatic rings. The number of nitrogens with one attached hydrogen (secondary N) is 1. The molecular weight excluding hydrogens is 200 g/mol. The predicted octanol–water partition coefficient (Wildman–Crippen LogP) is 2.58. The van der Waals surface area contributed by atoms with Crippen LogP contribution >= 0.6 is 0 Å². The molecule has 2 rings (SSSR count). The van der Waals surface area contributed by atoms with Crippen LogP contribution in [0, 0.1) is 11.3 Å². The van der Waals surface area contributed by atoms with Crippen LogP contribution in [0.1, 0.15) is 33.5 Å². The van der Waals surface area contributed by atoms with Gasteiger partial charge in [-0.2, -0.15) is 0 Å². The predicted molar refractivity (Wildman–Crippen MR) is 64.0 cm³/mol. The zero-order valence-corrected chi connectivity index (χ0v) is 10.3. The number of hydrogen-bond acceptors (Lipinski definition) is 3. The Morgan fingerprint density at radius 3 is 2.75 bits per heavy atom. The van der Waals surface area contributed by atoms with Crippen LogP contribution < -0.4 is 0 Å². The quantitative estimate of drug-likeness (QED) is 0.842. The summed E-state index contributed by atoms with van der Waals surface area (Å²) in [5.74, 6) is 1.57. The van der Waals surface area contributed by atoms with Crippen LogP contribution in [0.4, 0.5) is 0 Å². The molecule has 0 fully saturated rings. The van der Waals surface area contributed by atoms with Crippen LogP contribution in [-0.4, -0.2) is 19.9 Å². The third-order valence-electron chi connectivity index (χ3n) is 3.19. The largest absolute Gasteiger partial charge is 0.339 e. The SMILES string of the molecule is CC(Cc1nc2ncncc2[nH]1)C(C)(C)C. The molecule has 1 N–H and O–H groups in total. The lowest BCUT2D eigenvalue weighted by Crippen LogP contribution is -2.19. The van der Waals surface area contributed by atoms with Crippen molar-refractivity contribution in [2.75, 3.05) is 0 Å². The molecule has 0 aliphatic heterocycles. The van der Waals surface area contributed by atoms with E-state index in [0.29, 0.717) is 11.3 Å². The second-order valence-corrected chi connectivity index (χ2v) is 5.41. The van der Waals surface area contributed by atoms with E-state index >= 15 is 0 Å². The second kappa shape index (κ2) is 3.85. The zero-order chi connectivity index (χ0) is 11.8. The van der Waals surface area contributed by atoms with E-state index in [0.717, 1.165) is 23.4 Å². The highest BCUT2D eigenvalue weighted by atomic mass is 15.0. The Morgan fingerprint density at radius 1 is 1.38 bits per heavy atom. The number of H-pyrrole nitrogens is 1. The van der Waals surface area contributed by atoms with Gasteiger partial charge in [0.25, 0.3) is 0 Å². The van der Waals surface area contributed by atoms with Crippen molar-refractivity contribution in [1.82, 2.24) is 19.9 Å². The lowest BCUT2D eigenvalue weighted by molar-refractivity contribution is 0.257. The van der Waals surface area contributed by atoms with Gasteiger partial charge >= 0.3 is 0 Å². The molecule has 2 aromatic rings. The minimum atomic E-state index is 0.296. The molecule has 1 unspecified atom stereocenters. The highest BCUT2D eigenvalue weighted by molar-refractivity contribution is 5.68. The van der Waals surface area contributed by atoms with E-state index in [9.17, 15) is 0 Å². The van der Waals surface area contributed by atoms with Gasteiger partial charge in [-0.1, -0.05) is 27.7 Å². The van der Waals surface area contributed by atoms with Crippen LogP contribution in [-0.2, 0) is 6.42 Å². The van der Waals surface area contributed by atoms with E-state index in [4.69, 9.17) is 0 Å².